The quantitative estimate of drug-likeness (QED) is 0.181. The number of aromatic nitrogens is 3. The van der Waals surface area contributed by atoms with Crippen molar-refractivity contribution in [2.45, 2.75) is 0 Å². The summed E-state index contributed by atoms with van der Waals surface area (Å²) in [5, 5.41) is 11.0. The third-order valence-corrected chi connectivity index (χ3v) is 11.1. The van der Waals surface area contributed by atoms with Crippen molar-refractivity contribution in [2.75, 3.05) is 0 Å². The highest BCUT2D eigenvalue weighted by Gasteiger charge is 2.21. The van der Waals surface area contributed by atoms with Crippen LogP contribution in [0.4, 0.5) is 0 Å². The van der Waals surface area contributed by atoms with E-state index in [-0.39, 0.29) is 0 Å². The fourth-order valence-electron chi connectivity index (χ4n) is 8.38. The van der Waals surface area contributed by atoms with Gasteiger partial charge in [0.05, 0.1) is 0 Å². The molecule has 5 heteroatoms. The number of rotatable bonds is 4. The molecule has 12 aromatic rings. The summed E-state index contributed by atoms with van der Waals surface area (Å²) in [5.74, 6) is 1.79. The van der Waals surface area contributed by atoms with Crippen molar-refractivity contribution in [3.05, 3.63) is 176 Å². The van der Waals surface area contributed by atoms with Crippen LogP contribution in [0.5, 0.6) is 0 Å². The van der Waals surface area contributed by atoms with Crippen LogP contribution >= 0.6 is 0 Å². The molecule has 12 rings (SSSR count). The first-order chi connectivity index (χ1) is 27.7. The summed E-state index contributed by atoms with van der Waals surface area (Å²) >= 11 is 0. The molecule has 0 N–H and O–H groups in total. The molecule has 0 bridgehead atoms. The van der Waals surface area contributed by atoms with Crippen molar-refractivity contribution in [1.82, 2.24) is 15.0 Å². The number of hydrogen-bond donors (Lipinski definition) is 0. The molecule has 0 fully saturated rings. The molecule has 0 amide bonds. The summed E-state index contributed by atoms with van der Waals surface area (Å²) in [5.41, 5.74) is 8.10. The molecule has 0 radical (unpaired) electrons. The van der Waals surface area contributed by atoms with E-state index in [0.717, 1.165) is 104 Å². The van der Waals surface area contributed by atoms with Crippen molar-refractivity contribution in [3.63, 3.8) is 0 Å². The zero-order valence-corrected chi connectivity index (χ0v) is 29.9. The summed E-state index contributed by atoms with van der Waals surface area (Å²) in [4.78, 5) is 15.6. The molecule has 0 saturated carbocycles. The number of hydrogen-bond acceptors (Lipinski definition) is 5. The molecular weight excluding hydrogens is 687 g/mol. The molecule has 0 spiro atoms. The number of nitrogens with zero attached hydrogens (tertiary/aromatic N) is 3. The van der Waals surface area contributed by atoms with E-state index in [1.165, 1.54) is 0 Å². The average molecular weight is 716 g/mol. The Kier molecular flexibility index (Phi) is 6.56. The van der Waals surface area contributed by atoms with E-state index < -0.39 is 0 Å². The van der Waals surface area contributed by atoms with Crippen molar-refractivity contribution in [1.29, 1.82) is 0 Å². The standard InChI is InChI=1S/C51H29N3O2/c1-3-12-33-27-36(21-19-30(33)9-1)49-52-50(37-22-20-31-10-2-4-13-34(31)28-37)54-51(53-49)42-16-8-18-44-47(42)46-38(15-7-17-43(46)55-44)35-24-25-40-41-26-23-32-11-5-6-14-39(32)48(41)56-45(40)29-35/h1-29H. The summed E-state index contributed by atoms with van der Waals surface area (Å²) in [6, 6.07) is 61.0. The first-order valence-corrected chi connectivity index (χ1v) is 18.8. The Labute approximate surface area is 320 Å². The molecule has 0 unspecified atom stereocenters. The van der Waals surface area contributed by atoms with Gasteiger partial charge < -0.3 is 8.83 Å². The molecule has 9 aromatic carbocycles. The van der Waals surface area contributed by atoms with Crippen molar-refractivity contribution in [2.24, 2.45) is 0 Å². The fourth-order valence-corrected chi connectivity index (χ4v) is 8.38. The van der Waals surface area contributed by atoms with Crippen LogP contribution in [-0.4, -0.2) is 15.0 Å². The average Bonchev–Trinajstić information content (AvgIpc) is 3.84. The van der Waals surface area contributed by atoms with Gasteiger partial charge in [0.25, 0.3) is 0 Å². The zero-order valence-electron chi connectivity index (χ0n) is 29.9. The molecule has 0 atom stereocenters. The van der Waals surface area contributed by atoms with Gasteiger partial charge in [0.2, 0.25) is 0 Å². The number of furan rings is 2. The lowest BCUT2D eigenvalue weighted by Gasteiger charge is -2.11. The van der Waals surface area contributed by atoms with Crippen LogP contribution in [0, 0.1) is 0 Å². The lowest BCUT2D eigenvalue weighted by atomic mass is 9.96. The van der Waals surface area contributed by atoms with Gasteiger partial charge in [0.1, 0.15) is 22.3 Å². The van der Waals surface area contributed by atoms with E-state index in [0.29, 0.717) is 17.5 Å². The first-order valence-electron chi connectivity index (χ1n) is 18.8. The summed E-state index contributed by atoms with van der Waals surface area (Å²) in [6.07, 6.45) is 0. The maximum Gasteiger partial charge on any atom is 0.164 e. The van der Waals surface area contributed by atoms with E-state index in [2.05, 4.69) is 158 Å². The zero-order chi connectivity index (χ0) is 36.7. The minimum atomic E-state index is 0.578. The molecule has 0 aliphatic carbocycles. The molecule has 260 valence electrons. The van der Waals surface area contributed by atoms with Crippen LogP contribution in [0.3, 0.4) is 0 Å². The molecule has 56 heavy (non-hydrogen) atoms. The minimum Gasteiger partial charge on any atom is -0.456 e. The highest BCUT2D eigenvalue weighted by Crippen LogP contribution is 2.43. The Morgan fingerprint density at radius 3 is 1.54 bits per heavy atom. The van der Waals surface area contributed by atoms with Gasteiger partial charge in [0, 0.05) is 43.6 Å². The molecule has 3 aromatic heterocycles. The van der Waals surface area contributed by atoms with Gasteiger partial charge >= 0.3 is 0 Å². The van der Waals surface area contributed by atoms with E-state index in [1.54, 1.807) is 0 Å². The predicted molar refractivity (Wildman–Crippen MR) is 229 cm³/mol. The van der Waals surface area contributed by atoms with Gasteiger partial charge in [0.15, 0.2) is 17.5 Å². The molecule has 0 saturated heterocycles. The topological polar surface area (TPSA) is 65.0 Å². The van der Waals surface area contributed by atoms with Crippen LogP contribution in [0.15, 0.2) is 185 Å². The fraction of sp³-hybridized carbons (Fsp3) is 0. The van der Waals surface area contributed by atoms with Gasteiger partial charge in [-0.2, -0.15) is 0 Å². The predicted octanol–water partition coefficient (Wildman–Crippen LogP) is 13.8. The highest BCUT2D eigenvalue weighted by atomic mass is 16.3. The monoisotopic (exact) mass is 715 g/mol. The van der Waals surface area contributed by atoms with E-state index in [4.69, 9.17) is 23.8 Å². The Morgan fingerprint density at radius 2 is 0.839 bits per heavy atom. The largest absolute Gasteiger partial charge is 0.456 e. The maximum absolute atomic E-state index is 6.62. The Bertz CT molecular complexity index is 3460. The SMILES string of the molecule is c1ccc2cc(-c3nc(-c4ccc5ccccc5c4)nc(-c4cccc5oc6cccc(-c7ccc8c(c7)oc7c9ccccc9ccc87)c6c45)n3)ccc2c1. The third-order valence-electron chi connectivity index (χ3n) is 11.1. The lowest BCUT2D eigenvalue weighted by Crippen LogP contribution is -2.00. The van der Waals surface area contributed by atoms with Gasteiger partial charge in [-0.15, -0.1) is 0 Å². The van der Waals surface area contributed by atoms with Crippen molar-refractivity contribution in [3.8, 4) is 45.3 Å². The van der Waals surface area contributed by atoms with Crippen molar-refractivity contribution < 1.29 is 8.83 Å². The second-order valence-corrected chi connectivity index (χ2v) is 14.4. The van der Waals surface area contributed by atoms with Crippen LogP contribution < -0.4 is 0 Å². The van der Waals surface area contributed by atoms with Crippen molar-refractivity contribution >= 4 is 76.2 Å². The first kappa shape index (κ1) is 30.8. The smallest absolute Gasteiger partial charge is 0.164 e. The van der Waals surface area contributed by atoms with Gasteiger partial charge in [-0.3, -0.25) is 0 Å². The van der Waals surface area contributed by atoms with Gasteiger partial charge in [-0.25, -0.2) is 15.0 Å². The molecular formula is C51H29N3O2. The number of fused-ring (bicyclic) bond motifs is 10. The van der Waals surface area contributed by atoms with Crippen LogP contribution in [0.25, 0.3) is 121 Å². The Morgan fingerprint density at radius 1 is 0.304 bits per heavy atom. The summed E-state index contributed by atoms with van der Waals surface area (Å²) < 4.78 is 13.2. The number of benzene rings is 9. The third kappa shape index (κ3) is 4.78. The lowest BCUT2D eigenvalue weighted by molar-refractivity contribution is 0.669. The second kappa shape index (κ2) is 11.9. The molecule has 3 heterocycles. The molecule has 0 aliphatic rings. The summed E-state index contributed by atoms with van der Waals surface area (Å²) in [6.45, 7) is 0. The van der Waals surface area contributed by atoms with Crippen LogP contribution in [0.1, 0.15) is 0 Å². The normalized spacial score (nSPS) is 11.9. The Hall–Kier alpha value is -7.63. The maximum atomic E-state index is 6.62. The summed E-state index contributed by atoms with van der Waals surface area (Å²) in [7, 11) is 0. The highest BCUT2D eigenvalue weighted by molar-refractivity contribution is 6.19. The van der Waals surface area contributed by atoms with E-state index in [9.17, 15) is 0 Å². The Balaban J connectivity index is 1.09. The van der Waals surface area contributed by atoms with Crippen LogP contribution in [-0.2, 0) is 0 Å². The van der Waals surface area contributed by atoms with E-state index >= 15 is 0 Å². The van der Waals surface area contributed by atoms with E-state index in [1.807, 2.05) is 18.2 Å². The van der Waals surface area contributed by atoms with Gasteiger partial charge in [-0.05, 0) is 80.5 Å². The molecule has 0 aliphatic heterocycles. The van der Waals surface area contributed by atoms with Crippen LogP contribution in [0.2, 0.25) is 0 Å². The minimum absolute atomic E-state index is 0.578. The second-order valence-electron chi connectivity index (χ2n) is 14.4. The van der Waals surface area contributed by atoms with Gasteiger partial charge in [-0.1, -0.05) is 133 Å². The molecule has 5 nitrogen and oxygen atoms in total.